The highest BCUT2D eigenvalue weighted by atomic mass is 35.5. The maximum atomic E-state index is 13.3. The lowest BCUT2D eigenvalue weighted by Crippen LogP contribution is -2.45. The molecular formula is C54H93Cl2N11O16S. The molecule has 3 rings (SSSR count). The van der Waals surface area contributed by atoms with E-state index in [4.69, 9.17) is 87.8 Å². The minimum Gasteiger partial charge on any atom is -0.378 e. The third-order valence-corrected chi connectivity index (χ3v) is 14.1. The Hall–Kier alpha value is -3.83. The van der Waals surface area contributed by atoms with E-state index in [1.165, 1.54) is 0 Å². The molecule has 1 unspecified atom stereocenters. The molecule has 84 heavy (non-hydrogen) atoms. The van der Waals surface area contributed by atoms with Crippen LogP contribution in [0.15, 0.2) is 41.3 Å². The molecule has 0 aromatic heterocycles. The summed E-state index contributed by atoms with van der Waals surface area (Å²) in [6.07, 6.45) is 0. The van der Waals surface area contributed by atoms with Crippen molar-refractivity contribution in [3.05, 3.63) is 63.1 Å². The predicted molar refractivity (Wildman–Crippen MR) is 317 cm³/mol. The number of nitrogens with zero attached hydrogens (tertiary/aromatic N) is 3. The fourth-order valence-corrected chi connectivity index (χ4v) is 9.76. The van der Waals surface area contributed by atoms with E-state index in [-0.39, 0.29) is 179 Å². The third-order valence-electron chi connectivity index (χ3n) is 12.1. The van der Waals surface area contributed by atoms with Gasteiger partial charge in [-0.05, 0) is 48.0 Å². The SMILES string of the molecule is CN1Cc2c(Cl)cc(Cl)cc2C(c2cccc(S(=O)(=O)NCCOCCOCCNC(=O)CN(CCOCCOCCN(CC(=O)NCCOCCOCCN)CC(=O)NCCOCCOCCN)CC(=O)NCCOCCOCCN)c2)C1. The summed E-state index contributed by atoms with van der Waals surface area (Å²) < 4.78 is 84.3. The Morgan fingerprint density at radius 3 is 1.29 bits per heavy atom. The summed E-state index contributed by atoms with van der Waals surface area (Å²) in [5.41, 5.74) is 19.0. The number of likely N-dealkylation sites (N-methyl/N-ethyl adjacent to an activating group) is 1. The molecular weight excluding hydrogens is 1160 g/mol. The fourth-order valence-electron chi connectivity index (χ4n) is 8.12. The summed E-state index contributed by atoms with van der Waals surface area (Å²) in [5.74, 6) is -1.35. The number of rotatable bonds is 53. The third kappa shape index (κ3) is 35.1. The van der Waals surface area contributed by atoms with E-state index in [0.29, 0.717) is 102 Å². The number of nitrogens with one attached hydrogen (secondary N) is 5. The molecule has 1 atom stereocenters. The van der Waals surface area contributed by atoms with Crippen LogP contribution >= 0.6 is 23.2 Å². The maximum Gasteiger partial charge on any atom is 0.240 e. The average Bonchev–Trinajstić information content (AvgIpc) is 3.27. The average molecular weight is 1260 g/mol. The lowest BCUT2D eigenvalue weighted by molar-refractivity contribution is -0.127. The number of ether oxygens (including phenoxy) is 10. The van der Waals surface area contributed by atoms with Gasteiger partial charge < -0.3 is 90.7 Å². The van der Waals surface area contributed by atoms with Gasteiger partial charge in [0.25, 0.3) is 0 Å². The molecule has 2 aromatic rings. The first-order chi connectivity index (χ1) is 40.8. The van der Waals surface area contributed by atoms with E-state index in [1.54, 1.807) is 34.1 Å². The highest BCUT2D eigenvalue weighted by molar-refractivity contribution is 7.89. The van der Waals surface area contributed by atoms with Crippen LogP contribution in [0.3, 0.4) is 0 Å². The van der Waals surface area contributed by atoms with Crippen LogP contribution in [0.5, 0.6) is 0 Å². The highest BCUT2D eigenvalue weighted by Crippen LogP contribution is 2.38. The Labute approximate surface area is 505 Å². The van der Waals surface area contributed by atoms with E-state index >= 15 is 0 Å². The van der Waals surface area contributed by atoms with Gasteiger partial charge in [-0.1, -0.05) is 35.3 Å². The van der Waals surface area contributed by atoms with Gasteiger partial charge in [-0.2, -0.15) is 0 Å². The first kappa shape index (κ1) is 74.4. The van der Waals surface area contributed by atoms with Gasteiger partial charge in [-0.3, -0.25) is 29.0 Å². The van der Waals surface area contributed by atoms with Gasteiger partial charge in [-0.25, -0.2) is 13.1 Å². The molecule has 1 heterocycles. The lowest BCUT2D eigenvalue weighted by atomic mass is 9.85. The zero-order valence-corrected chi connectivity index (χ0v) is 51.1. The lowest BCUT2D eigenvalue weighted by Gasteiger charge is -2.33. The second-order valence-electron chi connectivity index (χ2n) is 19.0. The first-order valence-corrected chi connectivity index (χ1v) is 30.6. The van der Waals surface area contributed by atoms with Crippen LogP contribution in [0.2, 0.25) is 10.0 Å². The summed E-state index contributed by atoms with van der Waals surface area (Å²) in [6.45, 7) is 9.70. The monoisotopic (exact) mass is 1250 g/mol. The standard InChI is InChI=1S/C54H93Cl2N11O16S/c1-65-38-48(47-36-45(55)37-50(56)49(47)39-65)44-3-2-4-46(35-44)84(72,73)64-12-22-81-32-31-80-21-11-63-54(71)43-67(42-53(70)62-10-20-79-30-27-76-17-7-59)14-24-83-34-33-82-23-13-66(40-51(68)60-8-18-77-28-25-74-15-5-57)41-52(69)61-9-19-78-29-26-75-16-6-58/h2-4,35-37,48,64H,5-34,38-43,57-59H2,1H3,(H,60,68)(H,61,69)(H,62,70)(H,63,71). The number of hydrogen-bond donors (Lipinski definition) is 8. The molecule has 0 radical (unpaired) electrons. The number of carbonyl (C=O) groups is 4. The van der Waals surface area contributed by atoms with Crippen molar-refractivity contribution in [2.75, 3.05) is 237 Å². The van der Waals surface area contributed by atoms with Gasteiger partial charge in [0.15, 0.2) is 0 Å². The minimum absolute atomic E-state index is 0.0395. The maximum absolute atomic E-state index is 13.3. The Balaban J connectivity index is 1.38. The molecule has 0 saturated carbocycles. The summed E-state index contributed by atoms with van der Waals surface area (Å²) in [7, 11) is -1.85. The summed E-state index contributed by atoms with van der Waals surface area (Å²) >= 11 is 12.9. The minimum atomic E-state index is -3.85. The van der Waals surface area contributed by atoms with Crippen molar-refractivity contribution in [1.82, 2.24) is 40.7 Å². The predicted octanol–water partition coefficient (Wildman–Crippen LogP) is -2.04. The molecule has 1 aliphatic rings. The molecule has 1 aliphatic heterocycles. The largest absolute Gasteiger partial charge is 0.378 e. The molecule has 2 aromatic carbocycles. The molecule has 27 nitrogen and oxygen atoms in total. The van der Waals surface area contributed by atoms with Crippen LogP contribution in [0.1, 0.15) is 22.6 Å². The van der Waals surface area contributed by atoms with Crippen molar-refractivity contribution in [2.45, 2.75) is 17.4 Å². The van der Waals surface area contributed by atoms with E-state index in [1.807, 2.05) is 19.2 Å². The quantitative estimate of drug-likeness (QED) is 0.0331. The Morgan fingerprint density at radius 2 is 0.893 bits per heavy atom. The van der Waals surface area contributed by atoms with Crippen molar-refractivity contribution in [3.63, 3.8) is 0 Å². The first-order valence-electron chi connectivity index (χ1n) is 28.4. The Kier molecular flexibility index (Phi) is 41.9. The summed E-state index contributed by atoms with van der Waals surface area (Å²) in [5, 5.41) is 12.3. The van der Waals surface area contributed by atoms with Crippen LogP contribution in [0.4, 0.5) is 0 Å². The van der Waals surface area contributed by atoms with E-state index in [0.717, 1.165) is 16.7 Å². The zero-order chi connectivity index (χ0) is 60.9. The highest BCUT2D eigenvalue weighted by Gasteiger charge is 2.28. The number of amides is 4. The van der Waals surface area contributed by atoms with E-state index in [9.17, 15) is 27.6 Å². The van der Waals surface area contributed by atoms with Crippen LogP contribution < -0.4 is 43.2 Å². The van der Waals surface area contributed by atoms with Crippen molar-refractivity contribution < 1.29 is 75.0 Å². The molecule has 0 fully saturated rings. The second-order valence-corrected chi connectivity index (χ2v) is 21.6. The van der Waals surface area contributed by atoms with Crippen LogP contribution in [-0.2, 0) is 83.1 Å². The number of carbonyl (C=O) groups excluding carboxylic acids is 4. The number of fused-ring (bicyclic) bond motifs is 1. The normalized spacial score (nSPS) is 13.6. The molecule has 11 N–H and O–H groups in total. The number of sulfonamides is 1. The Bertz CT molecular complexity index is 2210. The second kappa shape index (κ2) is 47.3. The molecule has 0 aliphatic carbocycles. The van der Waals surface area contributed by atoms with Gasteiger partial charge in [0.2, 0.25) is 33.7 Å². The fraction of sp³-hybridized carbons (Fsp3) is 0.704. The van der Waals surface area contributed by atoms with Crippen LogP contribution in [0.25, 0.3) is 0 Å². The van der Waals surface area contributed by atoms with Gasteiger partial charge in [0.1, 0.15) is 0 Å². The van der Waals surface area contributed by atoms with Gasteiger partial charge in [-0.15, -0.1) is 0 Å². The summed E-state index contributed by atoms with van der Waals surface area (Å²) in [6, 6.07) is 10.5. The number of benzene rings is 2. The topological polar surface area (TPSA) is 343 Å². The molecule has 30 heteroatoms. The van der Waals surface area contributed by atoms with E-state index < -0.39 is 10.0 Å². The molecule has 4 amide bonds. The number of halogens is 2. The van der Waals surface area contributed by atoms with Crippen LogP contribution in [-0.4, -0.2) is 284 Å². The molecule has 0 spiro atoms. The smallest absolute Gasteiger partial charge is 0.240 e. The van der Waals surface area contributed by atoms with E-state index in [2.05, 4.69) is 30.9 Å². The number of hydrogen-bond acceptors (Lipinski definition) is 22. The van der Waals surface area contributed by atoms with Crippen molar-refractivity contribution in [2.24, 2.45) is 17.2 Å². The summed E-state index contributed by atoms with van der Waals surface area (Å²) in [4.78, 5) is 57.1. The Morgan fingerprint density at radius 1 is 0.524 bits per heavy atom. The molecule has 480 valence electrons. The van der Waals surface area contributed by atoms with Crippen molar-refractivity contribution >= 4 is 56.9 Å². The van der Waals surface area contributed by atoms with Gasteiger partial charge in [0.05, 0.1) is 163 Å². The van der Waals surface area contributed by atoms with Gasteiger partial charge in [0, 0.05) is 94.5 Å². The molecule has 0 bridgehead atoms. The number of nitrogens with two attached hydrogens (primary N) is 3. The zero-order valence-electron chi connectivity index (χ0n) is 48.8. The van der Waals surface area contributed by atoms with Crippen molar-refractivity contribution in [3.8, 4) is 0 Å². The van der Waals surface area contributed by atoms with Crippen molar-refractivity contribution in [1.29, 1.82) is 0 Å². The van der Waals surface area contributed by atoms with Crippen LogP contribution in [0, 0.1) is 0 Å². The van der Waals surface area contributed by atoms with Gasteiger partial charge >= 0.3 is 0 Å². The molecule has 0 saturated heterocycles.